The molecule has 1 atom stereocenters. The van der Waals surface area contributed by atoms with Crippen LogP contribution in [0.2, 0.25) is 0 Å². The molecule has 0 bridgehead atoms. The van der Waals surface area contributed by atoms with Gasteiger partial charge in [-0.25, -0.2) is 4.98 Å². The number of rotatable bonds is 3. The van der Waals surface area contributed by atoms with Crippen LogP contribution in [0.15, 0.2) is 16.9 Å². The lowest BCUT2D eigenvalue weighted by atomic mass is 10.1. The summed E-state index contributed by atoms with van der Waals surface area (Å²) in [5, 5.41) is 3.88. The van der Waals surface area contributed by atoms with Gasteiger partial charge in [-0.05, 0) is 20.4 Å². The molecular formula is C15H21N5O2. The lowest BCUT2D eigenvalue weighted by Crippen LogP contribution is -2.50. The summed E-state index contributed by atoms with van der Waals surface area (Å²) in [7, 11) is 0. The molecule has 0 aliphatic carbocycles. The summed E-state index contributed by atoms with van der Waals surface area (Å²) in [4.78, 5) is 24.5. The van der Waals surface area contributed by atoms with Crippen LogP contribution in [0.4, 0.5) is 0 Å². The number of likely N-dealkylation sites (N-methyl/N-ethyl adjacent to an activating group) is 1. The zero-order valence-corrected chi connectivity index (χ0v) is 13.2. The van der Waals surface area contributed by atoms with Crippen molar-refractivity contribution >= 4 is 5.91 Å². The Hall–Kier alpha value is -2.15. The molecule has 3 heterocycles. The minimum absolute atomic E-state index is 0.0106. The van der Waals surface area contributed by atoms with Gasteiger partial charge in [-0.2, -0.15) is 0 Å². The van der Waals surface area contributed by atoms with Crippen LogP contribution in [0.25, 0.3) is 0 Å². The summed E-state index contributed by atoms with van der Waals surface area (Å²) in [5.41, 5.74) is 1.23. The first-order chi connectivity index (χ1) is 10.6. The summed E-state index contributed by atoms with van der Waals surface area (Å²) in [6.07, 6.45) is 3.57. The van der Waals surface area contributed by atoms with E-state index in [2.05, 4.69) is 26.9 Å². The largest absolute Gasteiger partial charge is 0.361 e. The van der Waals surface area contributed by atoms with Gasteiger partial charge in [0, 0.05) is 32.0 Å². The molecule has 1 aliphatic rings. The smallest absolute Gasteiger partial charge is 0.259 e. The quantitative estimate of drug-likeness (QED) is 0.930. The molecule has 1 aliphatic heterocycles. The second kappa shape index (κ2) is 5.92. The maximum absolute atomic E-state index is 12.8. The molecule has 0 aromatic carbocycles. The maximum Gasteiger partial charge on any atom is 0.259 e. The van der Waals surface area contributed by atoms with Gasteiger partial charge in [-0.3, -0.25) is 9.69 Å². The fraction of sp³-hybridized carbons (Fsp3) is 0.533. The van der Waals surface area contributed by atoms with E-state index >= 15 is 0 Å². The average molecular weight is 303 g/mol. The van der Waals surface area contributed by atoms with Gasteiger partial charge in [-0.15, -0.1) is 0 Å². The van der Waals surface area contributed by atoms with Crippen molar-refractivity contribution in [2.75, 3.05) is 26.2 Å². The van der Waals surface area contributed by atoms with Crippen molar-refractivity contribution in [1.29, 1.82) is 0 Å². The van der Waals surface area contributed by atoms with E-state index in [4.69, 9.17) is 4.52 Å². The molecule has 2 aromatic heterocycles. The first kappa shape index (κ1) is 14.8. The molecule has 1 fully saturated rings. The van der Waals surface area contributed by atoms with Gasteiger partial charge in [-0.1, -0.05) is 12.1 Å². The van der Waals surface area contributed by atoms with E-state index in [0.717, 1.165) is 18.9 Å². The number of hydrogen-bond acceptors (Lipinski definition) is 5. The molecule has 0 radical (unpaired) electrons. The number of nitrogens with zero attached hydrogens (tertiary/aromatic N) is 4. The Labute approximate surface area is 129 Å². The monoisotopic (exact) mass is 303 g/mol. The molecule has 7 nitrogen and oxygen atoms in total. The van der Waals surface area contributed by atoms with Gasteiger partial charge in [0.1, 0.15) is 17.1 Å². The van der Waals surface area contributed by atoms with Crippen LogP contribution < -0.4 is 0 Å². The van der Waals surface area contributed by atoms with Crippen molar-refractivity contribution in [2.45, 2.75) is 26.8 Å². The van der Waals surface area contributed by atoms with E-state index in [9.17, 15) is 4.79 Å². The first-order valence-corrected chi connectivity index (χ1v) is 7.57. The van der Waals surface area contributed by atoms with Gasteiger partial charge in [0.15, 0.2) is 0 Å². The van der Waals surface area contributed by atoms with E-state index < -0.39 is 0 Å². The fourth-order valence-electron chi connectivity index (χ4n) is 3.05. The minimum atomic E-state index is -0.0106. The lowest BCUT2D eigenvalue weighted by molar-refractivity contribution is 0.0478. The third kappa shape index (κ3) is 2.52. The molecule has 0 spiro atoms. The molecule has 118 valence electrons. The highest BCUT2D eigenvalue weighted by Crippen LogP contribution is 2.25. The second-order valence-corrected chi connectivity index (χ2v) is 5.57. The molecule has 0 unspecified atom stereocenters. The van der Waals surface area contributed by atoms with Crippen molar-refractivity contribution in [2.24, 2.45) is 0 Å². The highest BCUT2D eigenvalue weighted by atomic mass is 16.5. The van der Waals surface area contributed by atoms with Gasteiger partial charge in [0.05, 0.1) is 11.7 Å². The molecule has 7 heteroatoms. The number of piperazine rings is 1. The Morgan fingerprint density at radius 3 is 2.86 bits per heavy atom. The number of hydrogen-bond donors (Lipinski definition) is 1. The predicted octanol–water partition coefficient (Wildman–Crippen LogP) is 1.53. The predicted molar refractivity (Wildman–Crippen MR) is 80.5 cm³/mol. The van der Waals surface area contributed by atoms with E-state index in [-0.39, 0.29) is 11.9 Å². The number of imidazole rings is 1. The number of H-pyrrole nitrogens is 1. The van der Waals surface area contributed by atoms with Gasteiger partial charge in [0.2, 0.25) is 0 Å². The number of amides is 1. The summed E-state index contributed by atoms with van der Waals surface area (Å²) in [6.45, 7) is 8.78. The Morgan fingerprint density at radius 1 is 1.45 bits per heavy atom. The SMILES string of the molecule is CCN1CCN(C(=O)c2c(C)noc2C)C[C@@H]1c1ncc[nH]1. The molecule has 3 rings (SSSR count). The van der Waals surface area contributed by atoms with Crippen LogP contribution in [-0.4, -0.2) is 57.0 Å². The molecule has 22 heavy (non-hydrogen) atoms. The minimum Gasteiger partial charge on any atom is -0.361 e. The van der Waals surface area contributed by atoms with E-state index in [1.54, 1.807) is 20.0 Å². The standard InChI is InChI=1S/C15H21N5O2/c1-4-19-7-8-20(9-12(19)14-16-5-6-17-14)15(21)13-10(2)18-22-11(13)3/h5-6,12H,4,7-9H2,1-3H3,(H,16,17)/t12-/m1/s1. The van der Waals surface area contributed by atoms with Crippen LogP contribution in [0.1, 0.15) is 40.6 Å². The van der Waals surface area contributed by atoms with Crippen LogP contribution in [-0.2, 0) is 0 Å². The topological polar surface area (TPSA) is 78.3 Å². The van der Waals surface area contributed by atoms with E-state index in [1.165, 1.54) is 0 Å². The number of nitrogens with one attached hydrogen (secondary N) is 1. The van der Waals surface area contributed by atoms with Crippen molar-refractivity contribution in [3.8, 4) is 0 Å². The summed E-state index contributed by atoms with van der Waals surface area (Å²) in [5.74, 6) is 1.47. The van der Waals surface area contributed by atoms with Crippen LogP contribution in [0, 0.1) is 13.8 Å². The van der Waals surface area contributed by atoms with Crippen molar-refractivity contribution < 1.29 is 9.32 Å². The maximum atomic E-state index is 12.8. The molecule has 1 N–H and O–H groups in total. The normalized spacial score (nSPS) is 19.6. The third-order valence-corrected chi connectivity index (χ3v) is 4.27. The number of carbonyl (C=O) groups excluding carboxylic acids is 1. The number of aryl methyl sites for hydroxylation is 2. The zero-order chi connectivity index (χ0) is 15.7. The Kier molecular flexibility index (Phi) is 3.98. The van der Waals surface area contributed by atoms with Crippen molar-refractivity contribution in [3.05, 3.63) is 35.2 Å². The van der Waals surface area contributed by atoms with Crippen LogP contribution >= 0.6 is 0 Å². The Balaban J connectivity index is 1.83. The number of carbonyl (C=O) groups is 1. The number of aromatic amines is 1. The molecule has 2 aromatic rings. The number of aromatic nitrogens is 3. The first-order valence-electron chi connectivity index (χ1n) is 7.57. The lowest BCUT2D eigenvalue weighted by Gasteiger charge is -2.40. The molecular weight excluding hydrogens is 282 g/mol. The van der Waals surface area contributed by atoms with Crippen molar-refractivity contribution in [3.63, 3.8) is 0 Å². The highest BCUT2D eigenvalue weighted by molar-refractivity contribution is 5.96. The Bertz CT molecular complexity index is 629. The van der Waals surface area contributed by atoms with Crippen molar-refractivity contribution in [1.82, 2.24) is 24.9 Å². The van der Waals surface area contributed by atoms with Crippen LogP contribution in [0.5, 0.6) is 0 Å². The summed E-state index contributed by atoms with van der Waals surface area (Å²) in [6, 6.07) is 0.0955. The zero-order valence-electron chi connectivity index (χ0n) is 13.2. The molecule has 1 saturated heterocycles. The molecule has 1 amide bonds. The van der Waals surface area contributed by atoms with Gasteiger partial charge in [0.25, 0.3) is 5.91 Å². The molecule has 0 saturated carbocycles. The van der Waals surface area contributed by atoms with E-state index in [1.807, 2.05) is 11.1 Å². The van der Waals surface area contributed by atoms with E-state index in [0.29, 0.717) is 30.1 Å². The second-order valence-electron chi connectivity index (χ2n) is 5.57. The Morgan fingerprint density at radius 2 is 2.27 bits per heavy atom. The average Bonchev–Trinajstić information content (AvgIpc) is 3.16. The summed E-state index contributed by atoms with van der Waals surface area (Å²) < 4.78 is 5.12. The van der Waals surface area contributed by atoms with Gasteiger partial charge >= 0.3 is 0 Å². The van der Waals surface area contributed by atoms with Crippen LogP contribution in [0.3, 0.4) is 0 Å². The summed E-state index contributed by atoms with van der Waals surface area (Å²) >= 11 is 0. The van der Waals surface area contributed by atoms with Gasteiger partial charge < -0.3 is 14.4 Å². The fourth-order valence-corrected chi connectivity index (χ4v) is 3.05. The highest BCUT2D eigenvalue weighted by Gasteiger charge is 2.33. The third-order valence-electron chi connectivity index (χ3n) is 4.27.